The molecule has 4 aromatic rings. The van der Waals surface area contributed by atoms with Gasteiger partial charge in [0, 0.05) is 15.7 Å². The number of rotatable bonds is 3. The molecule has 0 radical (unpaired) electrons. The molecule has 1 aliphatic heterocycles. The minimum Gasteiger partial charge on any atom is -0.450 e. The van der Waals surface area contributed by atoms with Crippen LogP contribution in [0.3, 0.4) is 0 Å². The molecule has 1 aliphatic rings. The molecule has 1 aromatic heterocycles. The number of carbonyl (C=O) groups excluding carboxylic acids is 1. The normalized spacial score (nSPS) is 15.4. The van der Waals surface area contributed by atoms with Gasteiger partial charge in [-0.3, -0.25) is 14.5 Å². The topological polar surface area (TPSA) is 50.5 Å². The van der Waals surface area contributed by atoms with Crippen molar-refractivity contribution in [2.24, 2.45) is 0 Å². The zero-order valence-corrected chi connectivity index (χ0v) is 19.0. The summed E-state index contributed by atoms with van der Waals surface area (Å²) in [5.41, 5.74) is 3.87. The molecule has 6 heteroatoms. The molecule has 0 spiro atoms. The molecule has 5 rings (SSSR count). The summed E-state index contributed by atoms with van der Waals surface area (Å²) in [6.45, 7) is 3.98. The fourth-order valence-corrected chi connectivity index (χ4v) is 4.54. The van der Waals surface area contributed by atoms with Crippen molar-refractivity contribution in [1.29, 1.82) is 0 Å². The molecule has 1 amide bonds. The maximum atomic E-state index is 13.6. The van der Waals surface area contributed by atoms with Gasteiger partial charge in [0.05, 0.1) is 17.0 Å². The summed E-state index contributed by atoms with van der Waals surface area (Å²) in [6, 6.07) is 17.6. The summed E-state index contributed by atoms with van der Waals surface area (Å²) in [4.78, 5) is 28.8. The molecular formula is C26H19Cl2NO3. The molecular weight excluding hydrogens is 445 g/mol. The molecule has 4 nitrogen and oxygen atoms in total. The standard InChI is InChI=1S/C26H19Cl2NO3/c1-3-15-5-7-16(8-6-15)23-22-24(30)19-12-17(27)9-11-21(19)32-25(22)26(31)29(23)18-10-4-14(2)20(28)13-18/h4-13,23H,3H2,1-2H3. The van der Waals surface area contributed by atoms with Crippen LogP contribution in [-0.4, -0.2) is 5.91 Å². The molecule has 0 fully saturated rings. The first-order valence-electron chi connectivity index (χ1n) is 10.3. The zero-order valence-electron chi connectivity index (χ0n) is 17.5. The Morgan fingerprint density at radius 3 is 2.41 bits per heavy atom. The molecule has 0 aliphatic carbocycles. The van der Waals surface area contributed by atoms with Crippen LogP contribution in [-0.2, 0) is 6.42 Å². The Morgan fingerprint density at radius 2 is 1.72 bits per heavy atom. The minimum absolute atomic E-state index is 0.0473. The summed E-state index contributed by atoms with van der Waals surface area (Å²) in [5, 5.41) is 1.32. The van der Waals surface area contributed by atoms with Gasteiger partial charge in [0.1, 0.15) is 5.58 Å². The van der Waals surface area contributed by atoms with E-state index in [0.29, 0.717) is 32.3 Å². The molecule has 3 aromatic carbocycles. The van der Waals surface area contributed by atoms with Gasteiger partial charge >= 0.3 is 0 Å². The predicted octanol–water partition coefficient (Wildman–Crippen LogP) is 6.72. The van der Waals surface area contributed by atoms with Gasteiger partial charge in [-0.1, -0.05) is 60.5 Å². The first kappa shape index (κ1) is 20.8. The van der Waals surface area contributed by atoms with Crippen LogP contribution in [0.5, 0.6) is 0 Å². The lowest BCUT2D eigenvalue weighted by atomic mass is 9.97. The third-order valence-electron chi connectivity index (χ3n) is 5.97. The van der Waals surface area contributed by atoms with Gasteiger partial charge in [-0.25, -0.2) is 0 Å². The van der Waals surface area contributed by atoms with Crippen LogP contribution in [0.2, 0.25) is 10.0 Å². The van der Waals surface area contributed by atoms with Crippen molar-refractivity contribution < 1.29 is 9.21 Å². The van der Waals surface area contributed by atoms with Crippen LogP contribution in [0.1, 0.15) is 45.8 Å². The average Bonchev–Trinajstić information content (AvgIpc) is 3.09. The summed E-state index contributed by atoms with van der Waals surface area (Å²) in [7, 11) is 0. The number of hydrogen-bond acceptors (Lipinski definition) is 3. The average molecular weight is 464 g/mol. The fraction of sp³-hybridized carbons (Fsp3) is 0.154. The van der Waals surface area contributed by atoms with Crippen LogP contribution in [0.4, 0.5) is 5.69 Å². The predicted molar refractivity (Wildman–Crippen MR) is 128 cm³/mol. The van der Waals surface area contributed by atoms with Gasteiger partial charge in [0.15, 0.2) is 5.43 Å². The molecule has 160 valence electrons. The van der Waals surface area contributed by atoms with Crippen LogP contribution in [0, 0.1) is 6.92 Å². The molecule has 1 unspecified atom stereocenters. The minimum atomic E-state index is -0.637. The highest BCUT2D eigenvalue weighted by molar-refractivity contribution is 6.32. The largest absolute Gasteiger partial charge is 0.450 e. The van der Waals surface area contributed by atoms with E-state index in [-0.39, 0.29) is 17.1 Å². The summed E-state index contributed by atoms with van der Waals surface area (Å²) in [5.74, 6) is -0.329. The molecule has 0 N–H and O–H groups in total. The van der Waals surface area contributed by atoms with Gasteiger partial charge in [0.25, 0.3) is 5.91 Å². The quantitative estimate of drug-likeness (QED) is 0.338. The van der Waals surface area contributed by atoms with E-state index in [4.69, 9.17) is 27.6 Å². The number of aryl methyl sites for hydroxylation is 2. The Hall–Kier alpha value is -3.08. The Balaban J connectivity index is 1.80. The van der Waals surface area contributed by atoms with E-state index in [2.05, 4.69) is 6.92 Å². The second-order valence-electron chi connectivity index (χ2n) is 7.92. The molecule has 2 heterocycles. The number of carbonyl (C=O) groups is 1. The fourth-order valence-electron chi connectivity index (χ4n) is 4.19. The highest BCUT2D eigenvalue weighted by Crippen LogP contribution is 2.42. The van der Waals surface area contributed by atoms with Crippen molar-refractivity contribution in [3.63, 3.8) is 0 Å². The summed E-state index contributed by atoms with van der Waals surface area (Å²) < 4.78 is 5.97. The van der Waals surface area contributed by atoms with Crippen LogP contribution < -0.4 is 10.3 Å². The van der Waals surface area contributed by atoms with Crippen LogP contribution >= 0.6 is 23.2 Å². The third-order valence-corrected chi connectivity index (χ3v) is 6.61. The highest BCUT2D eigenvalue weighted by atomic mass is 35.5. The van der Waals surface area contributed by atoms with Crippen LogP contribution in [0.25, 0.3) is 11.0 Å². The number of anilines is 1. The van der Waals surface area contributed by atoms with E-state index in [0.717, 1.165) is 17.5 Å². The van der Waals surface area contributed by atoms with E-state index in [1.165, 1.54) is 5.56 Å². The SMILES string of the molecule is CCc1ccc(C2c3c(oc4ccc(Cl)cc4c3=O)C(=O)N2c2ccc(C)c(Cl)c2)cc1. The molecule has 0 saturated heterocycles. The number of amides is 1. The van der Waals surface area contributed by atoms with E-state index in [9.17, 15) is 9.59 Å². The van der Waals surface area contributed by atoms with Gasteiger partial charge in [-0.05, 0) is 60.4 Å². The van der Waals surface area contributed by atoms with E-state index >= 15 is 0 Å². The van der Waals surface area contributed by atoms with Crippen molar-refractivity contribution in [3.05, 3.63) is 109 Å². The van der Waals surface area contributed by atoms with Crippen molar-refractivity contribution in [2.45, 2.75) is 26.3 Å². The number of nitrogens with zero attached hydrogens (tertiary/aromatic N) is 1. The van der Waals surface area contributed by atoms with Crippen molar-refractivity contribution in [2.75, 3.05) is 4.90 Å². The summed E-state index contributed by atoms with van der Waals surface area (Å²) in [6.07, 6.45) is 0.892. The lowest BCUT2D eigenvalue weighted by Crippen LogP contribution is -2.29. The third kappa shape index (κ3) is 3.22. The van der Waals surface area contributed by atoms with Gasteiger partial charge in [-0.2, -0.15) is 0 Å². The van der Waals surface area contributed by atoms with Crippen molar-refractivity contribution in [1.82, 2.24) is 0 Å². The van der Waals surface area contributed by atoms with Crippen molar-refractivity contribution >= 4 is 45.8 Å². The molecule has 0 bridgehead atoms. The van der Waals surface area contributed by atoms with Gasteiger partial charge in [-0.15, -0.1) is 0 Å². The Kier molecular flexibility index (Phi) is 5.07. The number of fused-ring (bicyclic) bond motifs is 2. The first-order chi connectivity index (χ1) is 15.4. The first-order valence-corrected chi connectivity index (χ1v) is 11.1. The Bertz CT molecular complexity index is 1440. The monoisotopic (exact) mass is 463 g/mol. The number of halogens is 2. The van der Waals surface area contributed by atoms with E-state index in [1.807, 2.05) is 43.3 Å². The van der Waals surface area contributed by atoms with E-state index in [1.54, 1.807) is 29.2 Å². The smallest absolute Gasteiger partial charge is 0.295 e. The Morgan fingerprint density at radius 1 is 0.969 bits per heavy atom. The van der Waals surface area contributed by atoms with Gasteiger partial charge in [0.2, 0.25) is 5.76 Å². The van der Waals surface area contributed by atoms with Gasteiger partial charge < -0.3 is 4.42 Å². The lowest BCUT2D eigenvalue weighted by molar-refractivity contribution is 0.0971. The molecule has 0 saturated carbocycles. The highest BCUT2D eigenvalue weighted by Gasteiger charge is 2.43. The number of benzene rings is 3. The second-order valence-corrected chi connectivity index (χ2v) is 8.76. The lowest BCUT2D eigenvalue weighted by Gasteiger charge is -2.25. The zero-order chi connectivity index (χ0) is 22.6. The number of hydrogen-bond donors (Lipinski definition) is 0. The van der Waals surface area contributed by atoms with E-state index < -0.39 is 6.04 Å². The maximum Gasteiger partial charge on any atom is 0.295 e. The summed E-state index contributed by atoms with van der Waals surface area (Å²) >= 11 is 12.5. The second kappa shape index (κ2) is 7.80. The Labute approximate surface area is 195 Å². The molecule has 1 atom stereocenters. The van der Waals surface area contributed by atoms with Crippen molar-refractivity contribution in [3.8, 4) is 0 Å². The molecule has 32 heavy (non-hydrogen) atoms. The van der Waals surface area contributed by atoms with Crippen LogP contribution in [0.15, 0.2) is 69.9 Å². The maximum absolute atomic E-state index is 13.6.